The Kier molecular flexibility index (Phi) is 7.20. The number of phenols is 1. The molecule has 3 fully saturated rings. The highest BCUT2D eigenvalue weighted by molar-refractivity contribution is 9.10. The van der Waals surface area contributed by atoms with Gasteiger partial charge in [0, 0.05) is 46.8 Å². The van der Waals surface area contributed by atoms with Gasteiger partial charge in [-0.05, 0) is 94.4 Å². The third kappa shape index (κ3) is 4.87. The summed E-state index contributed by atoms with van der Waals surface area (Å²) in [5.41, 5.74) is 1.65. The van der Waals surface area contributed by atoms with Crippen LogP contribution in [-0.4, -0.2) is 75.0 Å². The van der Waals surface area contributed by atoms with Crippen molar-refractivity contribution in [2.45, 2.75) is 62.6 Å². The molecular formula is C28H34BrN3O2S. The molecule has 5 rings (SSSR count). The second-order valence-corrected chi connectivity index (χ2v) is 11.7. The highest BCUT2D eigenvalue weighted by Crippen LogP contribution is 2.45. The number of thiocarbonyl (C=S) groups is 1. The number of likely N-dealkylation sites (N-methyl/N-ethyl adjacent to an activating group) is 1. The number of likely N-dealkylation sites (tertiary alicyclic amines) is 2. The van der Waals surface area contributed by atoms with Gasteiger partial charge < -0.3 is 14.9 Å². The van der Waals surface area contributed by atoms with Gasteiger partial charge in [0.2, 0.25) is 0 Å². The Balaban J connectivity index is 1.40. The first-order chi connectivity index (χ1) is 16.9. The molecule has 186 valence electrons. The number of amides is 1. The van der Waals surface area contributed by atoms with Crippen LogP contribution in [0.1, 0.15) is 60.9 Å². The van der Waals surface area contributed by atoms with Crippen LogP contribution in [0.25, 0.3) is 0 Å². The third-order valence-electron chi connectivity index (χ3n) is 8.41. The topological polar surface area (TPSA) is 47.0 Å². The lowest BCUT2D eigenvalue weighted by Crippen LogP contribution is -2.61. The van der Waals surface area contributed by atoms with Gasteiger partial charge in [-0.2, -0.15) is 0 Å². The van der Waals surface area contributed by atoms with Crippen molar-refractivity contribution in [3.63, 3.8) is 0 Å². The average Bonchev–Trinajstić information content (AvgIpc) is 3.54. The normalized spacial score (nSPS) is 26.9. The fraction of sp³-hybridized carbons (Fsp3) is 0.500. The number of carbonyl (C=O) groups is 1. The van der Waals surface area contributed by atoms with Crippen molar-refractivity contribution < 1.29 is 9.90 Å². The number of hydrogen-bond donors (Lipinski definition) is 1. The van der Waals surface area contributed by atoms with E-state index in [4.69, 9.17) is 12.2 Å². The van der Waals surface area contributed by atoms with Crippen LogP contribution < -0.4 is 0 Å². The number of halogens is 1. The van der Waals surface area contributed by atoms with E-state index in [1.54, 1.807) is 24.3 Å². The largest absolute Gasteiger partial charge is 0.508 e. The SMILES string of the molecule is CN(C(=S)c1ccc(Br)cc1)C1CCC2(CCCN2C(=O)c2ccc(O)cc2)CC1N1CCCC1. The summed E-state index contributed by atoms with van der Waals surface area (Å²) in [6.45, 7) is 3.06. The average molecular weight is 557 g/mol. The summed E-state index contributed by atoms with van der Waals surface area (Å²) < 4.78 is 1.06. The van der Waals surface area contributed by atoms with E-state index < -0.39 is 0 Å². The van der Waals surface area contributed by atoms with Gasteiger partial charge in [0.15, 0.2) is 0 Å². The number of nitrogens with zero attached hydrogens (tertiary/aromatic N) is 3. The number of phenolic OH excluding ortho intramolecular Hbond substituents is 1. The van der Waals surface area contributed by atoms with E-state index in [2.05, 4.69) is 61.9 Å². The molecule has 3 aliphatic rings. The first-order valence-corrected chi connectivity index (χ1v) is 14.0. The van der Waals surface area contributed by atoms with E-state index in [1.807, 2.05) is 0 Å². The minimum atomic E-state index is -0.0984. The maximum Gasteiger partial charge on any atom is 0.254 e. The Morgan fingerprint density at radius 2 is 1.66 bits per heavy atom. The van der Waals surface area contributed by atoms with Crippen molar-refractivity contribution in [1.29, 1.82) is 0 Å². The Morgan fingerprint density at radius 3 is 2.34 bits per heavy atom. The molecule has 2 saturated heterocycles. The van der Waals surface area contributed by atoms with Crippen molar-refractivity contribution in [1.82, 2.24) is 14.7 Å². The molecule has 1 spiro atoms. The molecule has 7 heteroatoms. The Bertz CT molecular complexity index is 1070. The van der Waals surface area contributed by atoms with Crippen LogP contribution in [-0.2, 0) is 0 Å². The minimum absolute atomic E-state index is 0.0971. The van der Waals surface area contributed by atoms with Gasteiger partial charge >= 0.3 is 0 Å². The standard InChI is InChI=1S/C28H34BrN3O2S/c1-30(27(35)21-5-9-22(29)10-6-21)24-13-15-28(19-25(24)31-16-2-3-17-31)14-4-18-32(28)26(34)20-7-11-23(33)12-8-20/h5-12,24-25,33H,2-4,13-19H2,1H3. The zero-order chi connectivity index (χ0) is 24.6. The number of carbonyl (C=O) groups excluding carboxylic acids is 1. The van der Waals surface area contributed by atoms with Crippen molar-refractivity contribution >= 4 is 39.0 Å². The van der Waals surface area contributed by atoms with E-state index in [1.165, 1.54) is 12.8 Å². The second-order valence-electron chi connectivity index (χ2n) is 10.4. The van der Waals surface area contributed by atoms with Gasteiger partial charge in [0.05, 0.1) is 0 Å². The zero-order valence-electron chi connectivity index (χ0n) is 20.3. The predicted octanol–water partition coefficient (Wildman–Crippen LogP) is 5.45. The number of benzene rings is 2. The van der Waals surface area contributed by atoms with Crippen molar-refractivity contribution in [3.8, 4) is 5.75 Å². The predicted molar refractivity (Wildman–Crippen MR) is 147 cm³/mol. The highest BCUT2D eigenvalue weighted by Gasteiger charge is 2.51. The first kappa shape index (κ1) is 24.7. The molecule has 35 heavy (non-hydrogen) atoms. The summed E-state index contributed by atoms with van der Waals surface area (Å²) in [6.07, 6.45) is 7.62. The van der Waals surface area contributed by atoms with E-state index in [0.29, 0.717) is 17.6 Å². The number of rotatable bonds is 4. The molecule has 0 radical (unpaired) electrons. The summed E-state index contributed by atoms with van der Waals surface area (Å²) in [6, 6.07) is 15.7. The van der Waals surface area contributed by atoms with E-state index >= 15 is 0 Å². The summed E-state index contributed by atoms with van der Waals surface area (Å²) in [4.78, 5) is 21.6. The molecule has 0 aromatic heterocycles. The molecule has 1 N–H and O–H groups in total. The number of hydrogen-bond acceptors (Lipinski definition) is 4. The lowest BCUT2D eigenvalue weighted by molar-refractivity contribution is 0.0112. The molecule has 3 unspecified atom stereocenters. The van der Waals surface area contributed by atoms with E-state index in [0.717, 1.165) is 66.8 Å². The molecule has 2 heterocycles. The van der Waals surface area contributed by atoms with Crippen LogP contribution in [0.5, 0.6) is 5.75 Å². The summed E-state index contributed by atoms with van der Waals surface area (Å²) in [5.74, 6) is 0.289. The van der Waals surface area contributed by atoms with Crippen LogP contribution in [0.2, 0.25) is 0 Å². The van der Waals surface area contributed by atoms with Crippen molar-refractivity contribution in [3.05, 3.63) is 64.1 Å². The highest BCUT2D eigenvalue weighted by atomic mass is 79.9. The van der Waals surface area contributed by atoms with Crippen LogP contribution in [0.15, 0.2) is 53.0 Å². The fourth-order valence-corrected chi connectivity index (χ4v) is 7.10. The van der Waals surface area contributed by atoms with Crippen LogP contribution in [0.3, 0.4) is 0 Å². The monoisotopic (exact) mass is 555 g/mol. The van der Waals surface area contributed by atoms with Crippen LogP contribution in [0.4, 0.5) is 0 Å². The molecule has 1 saturated carbocycles. The van der Waals surface area contributed by atoms with Gasteiger partial charge in [0.1, 0.15) is 10.7 Å². The molecule has 0 bridgehead atoms. The van der Waals surface area contributed by atoms with Gasteiger partial charge in [-0.15, -0.1) is 0 Å². The van der Waals surface area contributed by atoms with Gasteiger partial charge in [-0.25, -0.2) is 0 Å². The smallest absolute Gasteiger partial charge is 0.254 e. The molecule has 3 atom stereocenters. The molecule has 2 aliphatic heterocycles. The van der Waals surface area contributed by atoms with Crippen molar-refractivity contribution in [2.75, 3.05) is 26.7 Å². The Hall–Kier alpha value is -1.96. The summed E-state index contributed by atoms with van der Waals surface area (Å²) >= 11 is 9.49. The first-order valence-electron chi connectivity index (χ1n) is 12.8. The molecule has 1 amide bonds. The zero-order valence-corrected chi connectivity index (χ0v) is 22.7. The van der Waals surface area contributed by atoms with Gasteiger partial charge in [-0.1, -0.05) is 40.3 Å². The lowest BCUT2D eigenvalue weighted by Gasteiger charge is -2.52. The lowest BCUT2D eigenvalue weighted by atomic mass is 9.73. The maximum atomic E-state index is 13.6. The summed E-state index contributed by atoms with van der Waals surface area (Å²) in [5, 5.41) is 9.68. The van der Waals surface area contributed by atoms with Gasteiger partial charge in [-0.3, -0.25) is 9.69 Å². The molecule has 2 aromatic carbocycles. The minimum Gasteiger partial charge on any atom is -0.508 e. The van der Waals surface area contributed by atoms with Crippen LogP contribution >= 0.6 is 28.1 Å². The fourth-order valence-electron chi connectivity index (χ4n) is 6.57. The van der Waals surface area contributed by atoms with Gasteiger partial charge in [0.25, 0.3) is 5.91 Å². The number of aromatic hydroxyl groups is 1. The maximum absolute atomic E-state index is 13.6. The third-order valence-corrected chi connectivity index (χ3v) is 9.47. The quantitative estimate of drug-likeness (QED) is 0.508. The Labute approximate surface area is 222 Å². The van der Waals surface area contributed by atoms with E-state index in [-0.39, 0.29) is 17.2 Å². The Morgan fingerprint density at radius 1 is 1.00 bits per heavy atom. The van der Waals surface area contributed by atoms with Crippen molar-refractivity contribution in [2.24, 2.45) is 0 Å². The molecule has 5 nitrogen and oxygen atoms in total. The molecule has 2 aromatic rings. The summed E-state index contributed by atoms with van der Waals surface area (Å²) in [7, 11) is 2.16. The second kappa shape index (κ2) is 10.2. The molecular weight excluding hydrogens is 522 g/mol. The van der Waals surface area contributed by atoms with Crippen LogP contribution in [0, 0.1) is 0 Å². The van der Waals surface area contributed by atoms with E-state index in [9.17, 15) is 9.90 Å². The molecule has 1 aliphatic carbocycles.